The number of carbonyl (C=O) groups excluding carboxylic acids is 3. The van der Waals surface area contributed by atoms with Crippen molar-refractivity contribution in [3.8, 4) is 5.75 Å². The second kappa shape index (κ2) is 13.3. The molecule has 39 heavy (non-hydrogen) atoms. The first-order chi connectivity index (χ1) is 18.8. The van der Waals surface area contributed by atoms with Gasteiger partial charge in [0.25, 0.3) is 5.91 Å². The Labute approximate surface area is 232 Å². The highest BCUT2D eigenvalue weighted by Crippen LogP contribution is 2.28. The van der Waals surface area contributed by atoms with E-state index < -0.39 is 18.2 Å². The number of benzene rings is 1. The first kappa shape index (κ1) is 28.1. The largest absolute Gasteiger partial charge is 0.462 e. The average Bonchev–Trinajstić information content (AvgIpc) is 3.52. The van der Waals surface area contributed by atoms with Crippen LogP contribution >= 0.6 is 11.6 Å². The maximum Gasteiger partial charge on any atom is 0.339 e. The zero-order valence-electron chi connectivity index (χ0n) is 21.9. The van der Waals surface area contributed by atoms with E-state index in [9.17, 15) is 14.4 Å². The van der Waals surface area contributed by atoms with E-state index in [-0.39, 0.29) is 30.9 Å². The van der Waals surface area contributed by atoms with Gasteiger partial charge in [0, 0.05) is 37.6 Å². The van der Waals surface area contributed by atoms with Crippen LogP contribution in [0.15, 0.2) is 72.9 Å². The molecule has 2 aliphatic rings. The number of aromatic nitrogens is 1. The van der Waals surface area contributed by atoms with Crippen molar-refractivity contribution in [2.24, 2.45) is 5.92 Å². The molecule has 0 spiro atoms. The van der Waals surface area contributed by atoms with Crippen LogP contribution in [0.4, 0.5) is 0 Å². The lowest BCUT2D eigenvalue weighted by molar-refractivity contribution is -0.136. The van der Waals surface area contributed by atoms with Crippen molar-refractivity contribution in [2.45, 2.75) is 38.9 Å². The van der Waals surface area contributed by atoms with E-state index in [0.29, 0.717) is 41.5 Å². The van der Waals surface area contributed by atoms with E-state index >= 15 is 0 Å². The third kappa shape index (κ3) is 7.81. The minimum atomic E-state index is -0.669. The minimum absolute atomic E-state index is 0.173. The summed E-state index contributed by atoms with van der Waals surface area (Å²) >= 11 is 6.19. The van der Waals surface area contributed by atoms with Crippen molar-refractivity contribution in [2.75, 3.05) is 19.7 Å². The van der Waals surface area contributed by atoms with Crippen LogP contribution < -0.4 is 15.5 Å². The number of esters is 1. The molecule has 2 unspecified atom stereocenters. The van der Waals surface area contributed by atoms with Crippen LogP contribution in [0.2, 0.25) is 5.02 Å². The normalized spacial score (nSPS) is 17.4. The van der Waals surface area contributed by atoms with E-state index in [0.717, 1.165) is 0 Å². The van der Waals surface area contributed by atoms with Crippen LogP contribution in [0.5, 0.6) is 5.75 Å². The highest BCUT2D eigenvalue weighted by atomic mass is 35.5. The van der Waals surface area contributed by atoms with Gasteiger partial charge in [0.1, 0.15) is 23.7 Å². The van der Waals surface area contributed by atoms with Crippen LogP contribution in [-0.2, 0) is 14.3 Å². The van der Waals surface area contributed by atoms with Gasteiger partial charge >= 0.3 is 5.97 Å². The van der Waals surface area contributed by atoms with Gasteiger partial charge in [-0.1, -0.05) is 37.6 Å². The van der Waals surface area contributed by atoms with E-state index in [1.165, 1.54) is 17.2 Å². The standard InChI is InChI=1S/C28H32ClN5O5/c1-19(2)15-23(34-18-21(16-26(34)35)39-24-9-4-3-8-22(24)29)27(36)31-25-10-13-33(32-25)12-6-14-38-28(37)20-7-5-11-30-17-20/h3-5,7-11,13,16-17,19,23,25,32H,6,12,14-15,18H2,1-2H3,(H,31,36). The molecule has 2 atom stereocenters. The van der Waals surface area contributed by atoms with Gasteiger partial charge in [-0.25, -0.2) is 10.2 Å². The molecule has 4 rings (SSSR count). The fourth-order valence-corrected chi connectivity index (χ4v) is 4.39. The van der Waals surface area contributed by atoms with E-state index in [1.807, 2.05) is 31.1 Å². The summed E-state index contributed by atoms with van der Waals surface area (Å²) in [5, 5.41) is 5.22. The number of para-hydroxylation sites is 1. The van der Waals surface area contributed by atoms with Gasteiger partial charge in [0.2, 0.25) is 5.91 Å². The zero-order chi connectivity index (χ0) is 27.8. The second-order valence-electron chi connectivity index (χ2n) is 9.64. The maximum absolute atomic E-state index is 13.3. The molecular weight excluding hydrogens is 522 g/mol. The molecular formula is C28H32ClN5O5. The molecule has 2 amide bonds. The fourth-order valence-electron chi connectivity index (χ4n) is 4.22. The van der Waals surface area contributed by atoms with Gasteiger partial charge in [-0.2, -0.15) is 0 Å². The summed E-state index contributed by atoms with van der Waals surface area (Å²) in [7, 11) is 0. The number of hydrogen-bond acceptors (Lipinski definition) is 8. The Balaban J connectivity index is 1.25. The minimum Gasteiger partial charge on any atom is -0.462 e. The molecule has 0 saturated carbocycles. The number of pyridine rings is 1. The molecule has 2 N–H and O–H groups in total. The molecule has 1 aromatic carbocycles. The van der Waals surface area contributed by atoms with Crippen LogP contribution in [0.25, 0.3) is 0 Å². The van der Waals surface area contributed by atoms with Crippen molar-refractivity contribution < 1.29 is 23.9 Å². The highest BCUT2D eigenvalue weighted by Gasteiger charge is 2.35. The molecule has 0 radical (unpaired) electrons. The number of ether oxygens (including phenoxy) is 2. The van der Waals surface area contributed by atoms with Crippen LogP contribution in [0, 0.1) is 5.92 Å². The maximum atomic E-state index is 13.3. The van der Waals surface area contributed by atoms with Crippen molar-refractivity contribution in [3.05, 3.63) is 83.5 Å². The van der Waals surface area contributed by atoms with Crippen LogP contribution in [-0.4, -0.2) is 64.6 Å². The molecule has 0 bridgehead atoms. The first-order valence-electron chi connectivity index (χ1n) is 12.8. The average molecular weight is 554 g/mol. The molecule has 0 saturated heterocycles. The van der Waals surface area contributed by atoms with Crippen LogP contribution in [0.3, 0.4) is 0 Å². The number of hydrazine groups is 1. The SMILES string of the molecule is CC(C)CC(C(=O)NC1C=CN(CCCOC(=O)c2cccnc2)N1)N1CC(Oc2ccccc2Cl)=CC1=O. The Bertz CT molecular complexity index is 1240. The van der Waals surface area contributed by atoms with Gasteiger partial charge in [-0.05, 0) is 42.7 Å². The lowest BCUT2D eigenvalue weighted by atomic mass is 10.0. The van der Waals surface area contributed by atoms with E-state index in [1.54, 1.807) is 42.6 Å². The van der Waals surface area contributed by atoms with E-state index in [4.69, 9.17) is 21.1 Å². The van der Waals surface area contributed by atoms with E-state index in [2.05, 4.69) is 15.7 Å². The Hall–Kier alpha value is -3.89. The summed E-state index contributed by atoms with van der Waals surface area (Å²) in [6.07, 6.45) is 8.75. The van der Waals surface area contributed by atoms with Gasteiger partial charge in [0.05, 0.1) is 23.7 Å². The summed E-state index contributed by atoms with van der Waals surface area (Å²) in [4.78, 5) is 43.6. The van der Waals surface area contributed by atoms with Crippen LogP contribution in [0.1, 0.15) is 37.0 Å². The van der Waals surface area contributed by atoms with Gasteiger partial charge in [0.15, 0.2) is 0 Å². The third-order valence-electron chi connectivity index (χ3n) is 6.08. The fraction of sp³-hybridized carbons (Fsp3) is 0.357. The number of halogens is 1. The smallest absolute Gasteiger partial charge is 0.339 e. The number of rotatable bonds is 12. The predicted octanol–water partition coefficient (Wildman–Crippen LogP) is 3.28. The van der Waals surface area contributed by atoms with Crippen molar-refractivity contribution in [1.82, 2.24) is 25.6 Å². The second-order valence-corrected chi connectivity index (χ2v) is 10.0. The summed E-state index contributed by atoms with van der Waals surface area (Å²) in [6, 6.07) is 9.69. The quantitative estimate of drug-likeness (QED) is 0.304. The molecule has 2 aromatic rings. The monoisotopic (exact) mass is 553 g/mol. The van der Waals surface area contributed by atoms with Crippen molar-refractivity contribution >= 4 is 29.4 Å². The number of nitrogens with one attached hydrogen (secondary N) is 2. The van der Waals surface area contributed by atoms with Gasteiger partial charge < -0.3 is 24.7 Å². The number of amides is 2. The van der Waals surface area contributed by atoms with Gasteiger partial charge in [-0.15, -0.1) is 0 Å². The lowest BCUT2D eigenvalue weighted by Crippen LogP contribution is -2.54. The van der Waals surface area contributed by atoms with Crippen molar-refractivity contribution in [1.29, 1.82) is 0 Å². The molecule has 0 aliphatic carbocycles. The molecule has 3 heterocycles. The third-order valence-corrected chi connectivity index (χ3v) is 6.39. The number of nitrogens with zero attached hydrogens (tertiary/aromatic N) is 3. The molecule has 206 valence electrons. The summed E-state index contributed by atoms with van der Waals surface area (Å²) < 4.78 is 11.1. The van der Waals surface area contributed by atoms with Crippen molar-refractivity contribution in [3.63, 3.8) is 0 Å². The Morgan fingerprint density at radius 1 is 1.23 bits per heavy atom. The molecule has 1 aromatic heterocycles. The number of carbonyl (C=O) groups is 3. The summed E-state index contributed by atoms with van der Waals surface area (Å²) in [6.45, 7) is 5.00. The predicted molar refractivity (Wildman–Crippen MR) is 145 cm³/mol. The molecule has 2 aliphatic heterocycles. The number of hydrogen-bond donors (Lipinski definition) is 2. The topological polar surface area (TPSA) is 113 Å². The molecule has 11 heteroatoms. The summed E-state index contributed by atoms with van der Waals surface area (Å²) in [5.74, 6) is 0.107. The highest BCUT2D eigenvalue weighted by molar-refractivity contribution is 6.32. The Morgan fingerprint density at radius 3 is 2.79 bits per heavy atom. The summed E-state index contributed by atoms with van der Waals surface area (Å²) in [5.41, 5.74) is 3.59. The Kier molecular flexibility index (Phi) is 9.56. The van der Waals surface area contributed by atoms with Gasteiger partial charge in [-0.3, -0.25) is 14.6 Å². The zero-order valence-corrected chi connectivity index (χ0v) is 22.6. The Morgan fingerprint density at radius 2 is 2.05 bits per heavy atom. The first-order valence-corrected chi connectivity index (χ1v) is 13.2. The molecule has 10 nitrogen and oxygen atoms in total. The molecule has 0 fully saturated rings. The lowest BCUT2D eigenvalue weighted by Gasteiger charge is -2.30.